The van der Waals surface area contributed by atoms with Gasteiger partial charge in [-0.15, -0.1) is 0 Å². The first-order valence-electron chi connectivity index (χ1n) is 9.15. The van der Waals surface area contributed by atoms with Crippen molar-refractivity contribution in [3.63, 3.8) is 0 Å². The van der Waals surface area contributed by atoms with Crippen molar-refractivity contribution >= 4 is 32.3 Å². The van der Waals surface area contributed by atoms with Gasteiger partial charge in [-0.2, -0.15) is 4.99 Å². The number of nitrogens with zero attached hydrogens (tertiary/aromatic N) is 1. The van der Waals surface area contributed by atoms with Crippen molar-refractivity contribution in [3.8, 4) is 0 Å². The maximum Gasteiger partial charge on any atom is 0.500 e. The molecular weight excluding hydrogens is 366 g/mol. The van der Waals surface area contributed by atoms with E-state index in [9.17, 15) is 9.59 Å². The Balaban J connectivity index is 2.54. The zero-order valence-electron chi connectivity index (χ0n) is 16.5. The minimum absolute atomic E-state index is 0.332. The third kappa shape index (κ3) is 8.02. The number of aryl methyl sites for hydroxylation is 1. The lowest BCUT2D eigenvalue weighted by atomic mass is 10.2. The molecule has 8 nitrogen and oxygen atoms in total. The Morgan fingerprint density at radius 2 is 1.78 bits per heavy atom. The molecule has 1 aromatic carbocycles. The predicted molar refractivity (Wildman–Crippen MR) is 106 cm³/mol. The van der Waals surface area contributed by atoms with Gasteiger partial charge in [-0.25, -0.2) is 9.59 Å². The molecule has 0 radical (unpaired) electrons. The summed E-state index contributed by atoms with van der Waals surface area (Å²) in [6.45, 7) is 9.64. The van der Waals surface area contributed by atoms with Crippen LogP contribution in [-0.4, -0.2) is 47.3 Å². The number of carbonyl (C=O) groups is 1. The summed E-state index contributed by atoms with van der Waals surface area (Å²) in [4.78, 5) is 26.0. The number of rotatable bonds is 12. The summed E-state index contributed by atoms with van der Waals surface area (Å²) in [7, 11) is -2.69. The Morgan fingerprint density at radius 3 is 2.33 bits per heavy atom. The molecule has 2 amide bonds. The molecule has 0 aliphatic carbocycles. The average molecular weight is 396 g/mol. The molecule has 0 aromatic heterocycles. The third-order valence-corrected chi connectivity index (χ3v) is 6.83. The van der Waals surface area contributed by atoms with Crippen molar-refractivity contribution in [1.29, 1.82) is 0 Å². The minimum Gasteiger partial charge on any atom is -0.374 e. The van der Waals surface area contributed by atoms with Crippen LogP contribution in [0, 0.1) is 6.92 Å². The van der Waals surface area contributed by atoms with Gasteiger partial charge in [-0.1, -0.05) is 6.07 Å². The summed E-state index contributed by atoms with van der Waals surface area (Å²) >= 11 is 0. The van der Waals surface area contributed by atoms with E-state index in [1.54, 1.807) is 18.2 Å². The van der Waals surface area contributed by atoms with Crippen molar-refractivity contribution in [2.75, 3.05) is 31.7 Å². The van der Waals surface area contributed by atoms with Crippen LogP contribution in [-0.2, 0) is 18.1 Å². The number of benzene rings is 1. The molecule has 0 aliphatic rings. The van der Waals surface area contributed by atoms with Gasteiger partial charge in [-0.3, -0.25) is 0 Å². The summed E-state index contributed by atoms with van der Waals surface area (Å²) in [6.07, 6.45) is 2.16. The second kappa shape index (κ2) is 12.4. The van der Waals surface area contributed by atoms with Gasteiger partial charge in [0.2, 0.25) is 6.08 Å². The van der Waals surface area contributed by atoms with Crippen LogP contribution in [0.5, 0.6) is 0 Å². The van der Waals surface area contributed by atoms with E-state index in [1.807, 2.05) is 27.7 Å². The van der Waals surface area contributed by atoms with E-state index in [1.165, 1.54) is 6.08 Å². The van der Waals surface area contributed by atoms with Crippen LogP contribution in [0.3, 0.4) is 0 Å². The van der Waals surface area contributed by atoms with Gasteiger partial charge < -0.3 is 23.9 Å². The molecule has 2 N–H and O–H groups in total. The number of carbonyl (C=O) groups excluding carboxylic acids is 2. The van der Waals surface area contributed by atoms with Crippen LogP contribution < -0.4 is 10.6 Å². The zero-order valence-corrected chi connectivity index (χ0v) is 17.5. The Hall–Kier alpha value is -2.03. The highest BCUT2D eigenvalue weighted by Gasteiger charge is 2.39. The summed E-state index contributed by atoms with van der Waals surface area (Å²) in [5.74, 6) is 0. The number of amides is 2. The van der Waals surface area contributed by atoms with Gasteiger partial charge in [0.15, 0.2) is 0 Å². The number of aliphatic imine (C=N–C) groups is 1. The molecule has 9 heteroatoms. The average Bonchev–Trinajstić information content (AvgIpc) is 2.62. The first-order chi connectivity index (χ1) is 13.0. The molecule has 0 aliphatic heterocycles. The molecule has 0 heterocycles. The van der Waals surface area contributed by atoms with Crippen LogP contribution in [0.15, 0.2) is 23.2 Å². The predicted octanol–water partition coefficient (Wildman–Crippen LogP) is 3.52. The monoisotopic (exact) mass is 395 g/mol. The number of isocyanates is 1. The third-order valence-electron chi connectivity index (χ3n) is 3.68. The van der Waals surface area contributed by atoms with Crippen molar-refractivity contribution in [2.45, 2.75) is 40.2 Å². The Morgan fingerprint density at radius 1 is 1.15 bits per heavy atom. The SMILES string of the molecule is CCO[Si](CCCNC(=O)Nc1cc(N=C=O)ccc1C)(OCC)OCC. The van der Waals surface area contributed by atoms with E-state index >= 15 is 0 Å². The van der Waals surface area contributed by atoms with Gasteiger partial charge >= 0.3 is 14.8 Å². The van der Waals surface area contributed by atoms with E-state index in [0.717, 1.165) is 5.56 Å². The molecule has 0 fully saturated rings. The number of nitrogens with one attached hydrogen (secondary N) is 2. The summed E-state index contributed by atoms with van der Waals surface area (Å²) in [5.41, 5.74) is 1.89. The second-order valence-electron chi connectivity index (χ2n) is 5.67. The first kappa shape index (κ1) is 23.0. The fraction of sp³-hybridized carbons (Fsp3) is 0.556. The number of hydrogen-bond acceptors (Lipinski definition) is 6. The van der Waals surface area contributed by atoms with Crippen molar-refractivity contribution in [2.24, 2.45) is 4.99 Å². The van der Waals surface area contributed by atoms with Crippen molar-refractivity contribution in [3.05, 3.63) is 23.8 Å². The standard InChI is InChI=1S/C18H29N3O5Si/c1-5-24-27(25-6-2,26-7-3)12-8-11-19-18(23)21-17-13-16(20-14-22)10-9-15(17)4/h9-10,13H,5-8,11-12H2,1-4H3,(H2,19,21,23). The van der Waals surface area contributed by atoms with E-state index in [4.69, 9.17) is 13.3 Å². The van der Waals surface area contributed by atoms with Gasteiger partial charge in [-0.05, 0) is 51.8 Å². The van der Waals surface area contributed by atoms with Crippen LogP contribution in [0.25, 0.3) is 0 Å². The maximum atomic E-state index is 12.1. The van der Waals surface area contributed by atoms with Crippen molar-refractivity contribution in [1.82, 2.24) is 5.32 Å². The summed E-state index contributed by atoms with van der Waals surface area (Å²) in [5, 5.41) is 5.57. The van der Waals surface area contributed by atoms with Gasteiger partial charge in [0.05, 0.1) is 5.69 Å². The van der Waals surface area contributed by atoms with Crippen LogP contribution >= 0.6 is 0 Å². The lowest BCUT2D eigenvalue weighted by molar-refractivity contribution is 0.0708. The molecule has 150 valence electrons. The Labute approximate surface area is 161 Å². The zero-order chi connectivity index (χ0) is 20.1. The molecule has 27 heavy (non-hydrogen) atoms. The topological polar surface area (TPSA) is 98.2 Å². The molecule has 0 bridgehead atoms. The van der Waals surface area contributed by atoms with Crippen LogP contribution in [0.2, 0.25) is 6.04 Å². The van der Waals surface area contributed by atoms with Gasteiger partial charge in [0.25, 0.3) is 0 Å². The smallest absolute Gasteiger partial charge is 0.374 e. The molecule has 0 atom stereocenters. The lowest BCUT2D eigenvalue weighted by Gasteiger charge is -2.28. The fourth-order valence-electron chi connectivity index (χ4n) is 2.54. The fourth-order valence-corrected chi connectivity index (χ4v) is 5.15. The lowest BCUT2D eigenvalue weighted by Crippen LogP contribution is -2.46. The quantitative estimate of drug-likeness (QED) is 0.244. The van der Waals surface area contributed by atoms with Crippen LogP contribution in [0.1, 0.15) is 32.8 Å². The number of hydrogen-bond donors (Lipinski definition) is 2. The molecule has 0 spiro atoms. The van der Waals surface area contributed by atoms with E-state index in [2.05, 4.69) is 15.6 Å². The van der Waals surface area contributed by atoms with Gasteiger partial charge in [0, 0.05) is 38.1 Å². The van der Waals surface area contributed by atoms with E-state index in [-0.39, 0.29) is 6.03 Å². The number of urea groups is 1. The Kier molecular flexibility index (Phi) is 10.5. The number of anilines is 1. The molecule has 1 aromatic rings. The molecule has 0 saturated heterocycles. The van der Waals surface area contributed by atoms with E-state index in [0.29, 0.717) is 50.2 Å². The summed E-state index contributed by atoms with van der Waals surface area (Å²) in [6, 6.07) is 5.38. The minimum atomic E-state index is -2.69. The highest BCUT2D eigenvalue weighted by atomic mass is 28.4. The molecular formula is C18H29N3O5Si. The molecule has 0 saturated carbocycles. The maximum absolute atomic E-state index is 12.1. The van der Waals surface area contributed by atoms with E-state index < -0.39 is 8.80 Å². The molecule has 0 unspecified atom stereocenters. The molecule has 1 rings (SSSR count). The largest absolute Gasteiger partial charge is 0.500 e. The van der Waals surface area contributed by atoms with Gasteiger partial charge in [0.1, 0.15) is 0 Å². The highest BCUT2D eigenvalue weighted by Crippen LogP contribution is 2.22. The summed E-state index contributed by atoms with van der Waals surface area (Å²) < 4.78 is 17.4. The van der Waals surface area contributed by atoms with Crippen molar-refractivity contribution < 1.29 is 22.9 Å². The highest BCUT2D eigenvalue weighted by molar-refractivity contribution is 6.60. The first-order valence-corrected chi connectivity index (χ1v) is 11.1. The second-order valence-corrected chi connectivity index (χ2v) is 8.40. The Bertz CT molecular complexity index is 633. The normalized spacial score (nSPS) is 11.0. The van der Waals surface area contributed by atoms with Crippen LogP contribution in [0.4, 0.5) is 16.2 Å².